The van der Waals surface area contributed by atoms with E-state index in [1.54, 1.807) is 17.1 Å². The number of pyridine rings is 1. The second-order valence-electron chi connectivity index (χ2n) is 9.42. The van der Waals surface area contributed by atoms with Gasteiger partial charge in [-0.25, -0.2) is 0 Å². The van der Waals surface area contributed by atoms with Gasteiger partial charge in [0.1, 0.15) is 0 Å². The van der Waals surface area contributed by atoms with Crippen LogP contribution in [0, 0.1) is 5.92 Å². The number of allylic oxidation sites excluding steroid dienone is 6. The molecule has 0 saturated carbocycles. The van der Waals surface area contributed by atoms with E-state index in [0.29, 0.717) is 17.3 Å². The molecule has 0 spiro atoms. The standard InChI is InChI=1S/C28H28ClF3N2O4/c1-6-16(2)11-17(3)7-10-21-12-22-23(25(36)27(5,38-18(4)35)26(37)24(22)29)15-34(21)14-20-9-8-19(13-33-20)28(30,31)32/h7-13,15-16H,6,14H2,1-5H3/b10-7+,17-11+/t16-,27+/m0/s1. The van der Waals surface area contributed by atoms with E-state index in [-0.39, 0.29) is 22.7 Å². The van der Waals surface area contributed by atoms with Crippen molar-refractivity contribution in [3.05, 3.63) is 87.5 Å². The second kappa shape index (κ2) is 11.1. The van der Waals surface area contributed by atoms with Gasteiger partial charge in [0.2, 0.25) is 17.2 Å². The van der Waals surface area contributed by atoms with Crippen molar-refractivity contribution in [1.29, 1.82) is 0 Å². The number of nitrogens with zero attached hydrogens (tertiary/aromatic N) is 2. The van der Waals surface area contributed by atoms with Crippen LogP contribution in [0.1, 0.15) is 52.3 Å². The van der Waals surface area contributed by atoms with Crippen molar-refractivity contribution >= 4 is 29.1 Å². The predicted octanol–water partition coefficient (Wildman–Crippen LogP) is 6.20. The number of carbonyl (C=O) groups is 3. The Kier molecular flexibility index (Phi) is 8.51. The molecule has 2 heterocycles. The molecule has 0 radical (unpaired) electrons. The fourth-order valence-electron chi connectivity index (χ4n) is 4.02. The molecule has 2 aliphatic rings. The molecule has 0 fully saturated rings. The maximum absolute atomic E-state index is 13.4. The summed E-state index contributed by atoms with van der Waals surface area (Å²) >= 11 is 6.39. The highest BCUT2D eigenvalue weighted by Crippen LogP contribution is 2.40. The lowest BCUT2D eigenvalue weighted by atomic mass is 9.79. The first-order valence-electron chi connectivity index (χ1n) is 12.0. The molecular formula is C28H28ClF3N2O4. The molecule has 0 amide bonds. The number of aromatic nitrogens is 1. The van der Waals surface area contributed by atoms with Gasteiger partial charge >= 0.3 is 12.1 Å². The number of ether oxygens (including phenoxy) is 1. The van der Waals surface area contributed by atoms with Gasteiger partial charge in [0.25, 0.3) is 0 Å². The predicted molar refractivity (Wildman–Crippen MR) is 136 cm³/mol. The van der Waals surface area contributed by atoms with E-state index in [0.717, 1.165) is 31.2 Å². The van der Waals surface area contributed by atoms with Crippen molar-refractivity contribution in [2.24, 2.45) is 5.92 Å². The minimum absolute atomic E-state index is 0.0162. The molecule has 10 heteroatoms. The van der Waals surface area contributed by atoms with E-state index in [4.69, 9.17) is 16.3 Å². The van der Waals surface area contributed by atoms with Crippen LogP contribution in [0.5, 0.6) is 0 Å². The van der Waals surface area contributed by atoms with Crippen molar-refractivity contribution < 1.29 is 32.3 Å². The number of alkyl halides is 3. The molecule has 1 aliphatic carbocycles. The Morgan fingerprint density at radius 1 is 1.24 bits per heavy atom. The lowest BCUT2D eigenvalue weighted by Crippen LogP contribution is -2.51. The first-order chi connectivity index (χ1) is 17.7. The first-order valence-corrected chi connectivity index (χ1v) is 12.3. The van der Waals surface area contributed by atoms with Gasteiger partial charge in [0, 0.05) is 36.2 Å². The fourth-order valence-corrected chi connectivity index (χ4v) is 4.36. The normalized spacial score (nSPS) is 21.4. The van der Waals surface area contributed by atoms with Crippen LogP contribution in [0.15, 0.2) is 76.3 Å². The second-order valence-corrected chi connectivity index (χ2v) is 9.80. The summed E-state index contributed by atoms with van der Waals surface area (Å²) in [5.74, 6) is -2.07. The van der Waals surface area contributed by atoms with Gasteiger partial charge < -0.3 is 9.64 Å². The van der Waals surface area contributed by atoms with Crippen molar-refractivity contribution in [1.82, 2.24) is 9.88 Å². The van der Waals surface area contributed by atoms with Crippen LogP contribution in [0.25, 0.3) is 0 Å². The van der Waals surface area contributed by atoms with Gasteiger partial charge in [-0.2, -0.15) is 13.2 Å². The molecule has 0 N–H and O–H groups in total. The summed E-state index contributed by atoms with van der Waals surface area (Å²) in [6.45, 7) is 8.36. The van der Waals surface area contributed by atoms with E-state index in [1.165, 1.54) is 19.2 Å². The summed E-state index contributed by atoms with van der Waals surface area (Å²) in [5, 5.41) is -0.260. The van der Waals surface area contributed by atoms with E-state index in [9.17, 15) is 27.6 Å². The number of fused-ring (bicyclic) bond motifs is 1. The minimum atomic E-state index is -4.52. The molecule has 0 unspecified atom stereocenters. The van der Waals surface area contributed by atoms with E-state index < -0.39 is 34.9 Å². The summed E-state index contributed by atoms with van der Waals surface area (Å²) in [5.41, 5.74) is -0.997. The highest BCUT2D eigenvalue weighted by atomic mass is 35.5. The van der Waals surface area contributed by atoms with E-state index in [1.807, 2.05) is 13.0 Å². The molecular weight excluding hydrogens is 521 g/mol. The Morgan fingerprint density at radius 3 is 2.47 bits per heavy atom. The zero-order valence-electron chi connectivity index (χ0n) is 21.6. The lowest BCUT2D eigenvalue weighted by Gasteiger charge is -2.35. The van der Waals surface area contributed by atoms with Crippen molar-refractivity contribution in [3.8, 4) is 0 Å². The molecule has 2 atom stereocenters. The van der Waals surface area contributed by atoms with Crippen LogP contribution in [0.3, 0.4) is 0 Å². The van der Waals surface area contributed by atoms with Crippen LogP contribution in [-0.4, -0.2) is 33.0 Å². The number of Topliss-reactive ketones (excluding diaryl/α,β-unsaturated/α-hetero) is 2. The van der Waals surface area contributed by atoms with Crippen LogP contribution < -0.4 is 0 Å². The smallest absolute Gasteiger partial charge is 0.417 e. The molecule has 0 saturated heterocycles. The Hall–Kier alpha value is -3.46. The number of carbonyl (C=O) groups excluding carboxylic acids is 3. The Bertz CT molecular complexity index is 1310. The third kappa shape index (κ3) is 6.15. The maximum atomic E-state index is 13.4. The Labute approximate surface area is 224 Å². The maximum Gasteiger partial charge on any atom is 0.417 e. The third-order valence-electron chi connectivity index (χ3n) is 6.29. The average Bonchev–Trinajstić information content (AvgIpc) is 2.84. The summed E-state index contributed by atoms with van der Waals surface area (Å²) in [6.07, 6.45) is 5.89. The minimum Gasteiger partial charge on any atom is -0.443 e. The van der Waals surface area contributed by atoms with Crippen LogP contribution in [-0.2, 0) is 31.8 Å². The van der Waals surface area contributed by atoms with Crippen molar-refractivity contribution in [3.63, 3.8) is 0 Å². The van der Waals surface area contributed by atoms with Gasteiger partial charge in [0.15, 0.2) is 0 Å². The lowest BCUT2D eigenvalue weighted by molar-refractivity contribution is -0.167. The summed E-state index contributed by atoms with van der Waals surface area (Å²) in [6, 6.07) is 2.19. The highest BCUT2D eigenvalue weighted by molar-refractivity contribution is 6.49. The highest BCUT2D eigenvalue weighted by Gasteiger charge is 2.52. The first kappa shape index (κ1) is 29.1. The van der Waals surface area contributed by atoms with E-state index in [2.05, 4.69) is 24.9 Å². The Balaban J connectivity index is 2.08. The Morgan fingerprint density at radius 2 is 1.92 bits per heavy atom. The largest absolute Gasteiger partial charge is 0.443 e. The zero-order valence-corrected chi connectivity index (χ0v) is 22.4. The van der Waals surface area contributed by atoms with Gasteiger partial charge in [-0.15, -0.1) is 0 Å². The van der Waals surface area contributed by atoms with Crippen molar-refractivity contribution in [2.45, 2.75) is 59.4 Å². The third-order valence-corrected chi connectivity index (χ3v) is 6.66. The topological polar surface area (TPSA) is 76.6 Å². The molecule has 1 aliphatic heterocycles. The molecule has 0 bridgehead atoms. The molecule has 0 aromatic carbocycles. The number of esters is 1. The molecule has 6 nitrogen and oxygen atoms in total. The zero-order chi connectivity index (χ0) is 28.4. The summed E-state index contributed by atoms with van der Waals surface area (Å²) < 4.78 is 44.1. The number of hydrogen-bond acceptors (Lipinski definition) is 6. The number of halogens is 4. The molecule has 38 heavy (non-hydrogen) atoms. The van der Waals surface area contributed by atoms with Crippen LogP contribution in [0.4, 0.5) is 13.2 Å². The number of ketones is 2. The molecule has 3 rings (SSSR count). The van der Waals surface area contributed by atoms with Gasteiger partial charge in [-0.05, 0) is 44.1 Å². The quantitative estimate of drug-likeness (QED) is 0.229. The van der Waals surface area contributed by atoms with Crippen LogP contribution in [0.2, 0.25) is 0 Å². The van der Waals surface area contributed by atoms with Crippen molar-refractivity contribution in [2.75, 3.05) is 0 Å². The molecule has 1 aromatic rings. The monoisotopic (exact) mass is 548 g/mol. The molecule has 1 aromatic heterocycles. The fraction of sp³-hybridized carbons (Fsp3) is 0.357. The molecule has 202 valence electrons. The van der Waals surface area contributed by atoms with Gasteiger partial charge in [-0.1, -0.05) is 49.6 Å². The summed E-state index contributed by atoms with van der Waals surface area (Å²) in [4.78, 5) is 43.5. The van der Waals surface area contributed by atoms with Gasteiger partial charge in [0.05, 0.1) is 22.8 Å². The van der Waals surface area contributed by atoms with Crippen LogP contribution >= 0.6 is 11.6 Å². The average molecular weight is 549 g/mol. The van der Waals surface area contributed by atoms with E-state index >= 15 is 0 Å². The number of hydrogen-bond donors (Lipinski definition) is 0. The number of rotatable bonds is 7. The summed E-state index contributed by atoms with van der Waals surface area (Å²) in [7, 11) is 0. The van der Waals surface area contributed by atoms with Gasteiger partial charge in [-0.3, -0.25) is 19.4 Å². The SMILES string of the molecule is CC[C@H](C)/C=C(C)/C=C/C1=CC2=C(Cl)C(=O)[C@](C)(OC(C)=O)C(=O)C2=CN1Cc1ccc(C(F)(F)F)cn1.